The number of hydrogen-bond acceptors (Lipinski definition) is 6. The summed E-state index contributed by atoms with van der Waals surface area (Å²) in [5, 5.41) is 0. The van der Waals surface area contributed by atoms with Crippen LogP contribution in [0.4, 0.5) is 0 Å². The van der Waals surface area contributed by atoms with E-state index in [0.29, 0.717) is 6.42 Å². The molecule has 0 aliphatic heterocycles. The molecule has 0 saturated carbocycles. The maximum atomic E-state index is 10.7. The van der Waals surface area contributed by atoms with Crippen LogP contribution in [0.25, 0.3) is 0 Å². The summed E-state index contributed by atoms with van der Waals surface area (Å²) in [6.07, 6.45) is 8.26. The van der Waals surface area contributed by atoms with Crippen LogP contribution in [0.2, 0.25) is 0 Å². The van der Waals surface area contributed by atoms with Gasteiger partial charge in [0.05, 0.1) is 0 Å². The topological polar surface area (TPSA) is 114 Å². The summed E-state index contributed by atoms with van der Waals surface area (Å²) >= 11 is 0. The molecule has 0 spiro atoms. The SMILES string of the molecule is CCCCCCCCCCCC(S(=O)(=O)[O-])S(=O)(=O)[O-].[K+].[K+]. The second-order valence-corrected chi connectivity index (χ2v) is 8.44. The standard InChI is InChI=1S/C12H26O6S2.2K/c1-2-3-4-5-6-7-8-9-10-11-12(19(13,14)15)20(16,17)18;;/h12H,2-11H2,1H3,(H,13,14,15)(H,16,17,18);;/q;2*+1/p-2. The van der Waals surface area contributed by atoms with E-state index in [4.69, 9.17) is 0 Å². The Labute approximate surface area is 220 Å². The zero-order valence-electron chi connectivity index (χ0n) is 13.9. The van der Waals surface area contributed by atoms with E-state index in [1.54, 1.807) is 0 Å². The van der Waals surface area contributed by atoms with Crippen molar-refractivity contribution in [3.05, 3.63) is 0 Å². The van der Waals surface area contributed by atoms with Gasteiger partial charge in [-0.2, -0.15) is 0 Å². The van der Waals surface area contributed by atoms with E-state index in [9.17, 15) is 25.9 Å². The van der Waals surface area contributed by atoms with E-state index in [0.717, 1.165) is 19.3 Å². The first-order valence-electron chi connectivity index (χ1n) is 7.09. The Bertz CT molecular complexity index is 418. The molecule has 0 aliphatic rings. The smallest absolute Gasteiger partial charge is 0.747 e. The Morgan fingerprint density at radius 2 is 1.00 bits per heavy atom. The minimum Gasteiger partial charge on any atom is -0.747 e. The van der Waals surface area contributed by atoms with Crippen LogP contribution >= 0.6 is 0 Å². The van der Waals surface area contributed by atoms with Gasteiger partial charge in [0.1, 0.15) is 24.8 Å². The molecule has 0 radical (unpaired) electrons. The van der Waals surface area contributed by atoms with Crippen molar-refractivity contribution in [3.63, 3.8) is 0 Å². The van der Waals surface area contributed by atoms with Gasteiger partial charge in [-0.05, 0) is 6.42 Å². The van der Waals surface area contributed by atoms with Gasteiger partial charge in [0, 0.05) is 0 Å². The Kier molecular flexibility index (Phi) is 22.1. The van der Waals surface area contributed by atoms with Crippen LogP contribution in [0.15, 0.2) is 0 Å². The molecule has 0 aromatic heterocycles. The normalized spacial score (nSPS) is 11.8. The molecular formula is C12H24K2O6S2. The number of hydrogen-bond donors (Lipinski definition) is 0. The summed E-state index contributed by atoms with van der Waals surface area (Å²) in [6, 6.07) is 0. The molecule has 0 aromatic carbocycles. The molecule has 0 N–H and O–H groups in total. The van der Waals surface area contributed by atoms with Gasteiger partial charge in [-0.1, -0.05) is 64.7 Å². The summed E-state index contributed by atoms with van der Waals surface area (Å²) < 4.78 is 61.9. The fourth-order valence-corrected chi connectivity index (χ4v) is 4.12. The summed E-state index contributed by atoms with van der Waals surface area (Å²) in [4.78, 5) is 0. The third-order valence-electron chi connectivity index (χ3n) is 3.19. The summed E-state index contributed by atoms with van der Waals surface area (Å²) in [6.45, 7) is 2.14. The Hall–Kier alpha value is 3.09. The van der Waals surface area contributed by atoms with Gasteiger partial charge in [-0.25, -0.2) is 16.8 Å². The number of unbranched alkanes of at least 4 members (excludes halogenated alkanes) is 8. The van der Waals surface area contributed by atoms with Gasteiger partial charge in [0.15, 0.2) is 0 Å². The van der Waals surface area contributed by atoms with Crippen LogP contribution in [-0.2, 0) is 20.2 Å². The van der Waals surface area contributed by atoms with Crippen molar-refractivity contribution in [2.45, 2.75) is 75.7 Å². The first-order valence-corrected chi connectivity index (χ1v) is 10.0. The van der Waals surface area contributed by atoms with Crippen molar-refractivity contribution in [3.8, 4) is 0 Å². The van der Waals surface area contributed by atoms with Crippen LogP contribution in [-0.4, -0.2) is 30.5 Å². The van der Waals surface area contributed by atoms with Crippen LogP contribution in [0.5, 0.6) is 0 Å². The maximum Gasteiger partial charge on any atom is 1.00 e. The predicted octanol–water partition coefficient (Wildman–Crippen LogP) is -3.67. The molecule has 0 fully saturated rings. The summed E-state index contributed by atoms with van der Waals surface area (Å²) in [7, 11) is -10.2. The molecule has 0 rings (SSSR count). The van der Waals surface area contributed by atoms with Crippen LogP contribution in [0.1, 0.15) is 71.1 Å². The van der Waals surface area contributed by atoms with Crippen LogP contribution in [0.3, 0.4) is 0 Å². The Balaban J connectivity index is -0.00000180. The van der Waals surface area contributed by atoms with Gasteiger partial charge in [0.25, 0.3) is 0 Å². The third-order valence-corrected chi connectivity index (χ3v) is 6.36. The first-order chi connectivity index (χ1) is 9.19. The van der Waals surface area contributed by atoms with Crippen molar-refractivity contribution in [2.24, 2.45) is 0 Å². The van der Waals surface area contributed by atoms with E-state index in [-0.39, 0.29) is 109 Å². The van der Waals surface area contributed by atoms with Crippen molar-refractivity contribution >= 4 is 20.2 Å². The van der Waals surface area contributed by atoms with Crippen molar-refractivity contribution in [2.75, 3.05) is 0 Å². The molecule has 0 heterocycles. The van der Waals surface area contributed by atoms with E-state index >= 15 is 0 Å². The van der Waals surface area contributed by atoms with Crippen molar-refractivity contribution in [1.29, 1.82) is 0 Å². The quantitative estimate of drug-likeness (QED) is 0.187. The minimum absolute atomic E-state index is 0. The molecule has 122 valence electrons. The van der Waals surface area contributed by atoms with Gasteiger partial charge >= 0.3 is 103 Å². The Morgan fingerprint density at radius 3 is 1.32 bits per heavy atom. The maximum absolute atomic E-state index is 10.7. The average molecular weight is 407 g/mol. The van der Waals surface area contributed by atoms with Crippen LogP contribution in [0, 0.1) is 0 Å². The van der Waals surface area contributed by atoms with Gasteiger partial charge in [-0.15, -0.1) is 0 Å². The fourth-order valence-electron chi connectivity index (χ4n) is 2.05. The second kappa shape index (κ2) is 16.3. The van der Waals surface area contributed by atoms with E-state index in [2.05, 4.69) is 6.92 Å². The third kappa shape index (κ3) is 16.6. The zero-order chi connectivity index (χ0) is 15.6. The first kappa shape index (κ1) is 29.8. The molecule has 0 unspecified atom stereocenters. The molecule has 22 heavy (non-hydrogen) atoms. The van der Waals surface area contributed by atoms with Gasteiger partial charge < -0.3 is 9.11 Å². The molecule has 0 amide bonds. The monoisotopic (exact) mass is 406 g/mol. The summed E-state index contributed by atoms with van der Waals surface area (Å²) in [5.74, 6) is 0. The van der Waals surface area contributed by atoms with Crippen LogP contribution < -0.4 is 103 Å². The second-order valence-electron chi connectivity index (χ2n) is 5.03. The largest absolute Gasteiger partial charge is 1.00 e. The molecule has 0 saturated heterocycles. The number of rotatable bonds is 12. The zero-order valence-corrected chi connectivity index (χ0v) is 21.8. The molecule has 0 atom stereocenters. The van der Waals surface area contributed by atoms with Crippen molar-refractivity contribution in [1.82, 2.24) is 0 Å². The molecule has 0 aromatic rings. The molecule has 10 heteroatoms. The molecule has 0 bridgehead atoms. The van der Waals surface area contributed by atoms with Crippen molar-refractivity contribution < 1.29 is 129 Å². The average Bonchev–Trinajstić information content (AvgIpc) is 2.28. The molecule has 0 aliphatic carbocycles. The summed E-state index contributed by atoms with van der Waals surface area (Å²) in [5.41, 5.74) is 0. The van der Waals surface area contributed by atoms with Gasteiger partial charge in [0.2, 0.25) is 0 Å². The van der Waals surface area contributed by atoms with E-state index < -0.39 is 31.2 Å². The van der Waals surface area contributed by atoms with E-state index in [1.807, 2.05) is 0 Å². The fraction of sp³-hybridized carbons (Fsp3) is 1.00. The minimum atomic E-state index is -5.08. The van der Waals surface area contributed by atoms with E-state index in [1.165, 1.54) is 25.7 Å². The predicted molar refractivity (Wildman–Crippen MR) is 75.0 cm³/mol. The van der Waals surface area contributed by atoms with Gasteiger partial charge in [-0.3, -0.25) is 0 Å². The Morgan fingerprint density at radius 1 is 0.682 bits per heavy atom. The molecule has 6 nitrogen and oxygen atoms in total. The molecular weight excluding hydrogens is 382 g/mol.